The number of anilines is 1. The maximum Gasteiger partial charge on any atom is 0.255 e. The Morgan fingerprint density at radius 3 is 2.55 bits per heavy atom. The largest absolute Gasteiger partial charge is 0.322 e. The van der Waals surface area contributed by atoms with Gasteiger partial charge in [-0.2, -0.15) is 0 Å². The summed E-state index contributed by atoms with van der Waals surface area (Å²) in [5.74, 6) is -0.461. The van der Waals surface area contributed by atoms with Crippen LogP contribution in [0.5, 0.6) is 0 Å². The number of aromatic nitrogens is 2. The van der Waals surface area contributed by atoms with Gasteiger partial charge < -0.3 is 5.32 Å². The number of carbonyl (C=O) groups is 1. The van der Waals surface area contributed by atoms with Gasteiger partial charge in [0.15, 0.2) is 4.96 Å². The van der Waals surface area contributed by atoms with Crippen LogP contribution in [-0.2, 0) is 0 Å². The van der Waals surface area contributed by atoms with Crippen molar-refractivity contribution in [1.82, 2.24) is 9.38 Å². The summed E-state index contributed by atoms with van der Waals surface area (Å²) in [7, 11) is 0. The van der Waals surface area contributed by atoms with Crippen LogP contribution in [0.3, 0.4) is 0 Å². The minimum absolute atomic E-state index is 0.188. The second kappa shape index (κ2) is 6.99. The molecule has 0 saturated carbocycles. The second-order valence-corrected chi connectivity index (χ2v) is 7.98. The first-order valence-corrected chi connectivity index (χ1v) is 10.0. The number of hydrogen-bond donors (Lipinski definition) is 1. The van der Waals surface area contributed by atoms with Crippen molar-refractivity contribution < 1.29 is 9.18 Å². The Bertz CT molecular complexity index is 1360. The van der Waals surface area contributed by atoms with Crippen LogP contribution in [0.2, 0.25) is 5.02 Å². The van der Waals surface area contributed by atoms with E-state index in [1.807, 2.05) is 22.7 Å². The van der Waals surface area contributed by atoms with E-state index in [0.29, 0.717) is 16.3 Å². The summed E-state index contributed by atoms with van der Waals surface area (Å²) in [5.41, 5.74) is 3.85. The normalized spacial score (nSPS) is 11.2. The first-order chi connectivity index (χ1) is 14.1. The Labute approximate surface area is 174 Å². The molecule has 0 aliphatic carbocycles. The van der Waals surface area contributed by atoms with E-state index in [2.05, 4.69) is 10.3 Å². The van der Waals surface area contributed by atoms with Gasteiger partial charge in [-0.05, 0) is 66.7 Å². The van der Waals surface area contributed by atoms with Crippen LogP contribution in [0.15, 0.2) is 72.9 Å². The lowest BCUT2D eigenvalue weighted by atomic mass is 10.2. The topological polar surface area (TPSA) is 46.4 Å². The zero-order valence-electron chi connectivity index (χ0n) is 14.9. The number of carbonyl (C=O) groups excluding carboxylic acids is 1. The van der Waals surface area contributed by atoms with Crippen molar-refractivity contribution in [2.75, 3.05) is 5.32 Å². The van der Waals surface area contributed by atoms with Gasteiger partial charge in [0, 0.05) is 28.0 Å². The van der Waals surface area contributed by atoms with Crippen molar-refractivity contribution in [3.63, 3.8) is 0 Å². The molecule has 7 heteroatoms. The predicted molar refractivity (Wildman–Crippen MR) is 115 cm³/mol. The van der Waals surface area contributed by atoms with Gasteiger partial charge in [-0.25, -0.2) is 9.37 Å². The molecule has 0 saturated heterocycles. The minimum atomic E-state index is -0.273. The lowest BCUT2D eigenvalue weighted by Gasteiger charge is -2.05. The Hall–Kier alpha value is -3.22. The number of fused-ring (bicyclic) bond motifs is 3. The van der Waals surface area contributed by atoms with E-state index < -0.39 is 0 Å². The highest BCUT2D eigenvalue weighted by molar-refractivity contribution is 7.23. The molecule has 2 heterocycles. The van der Waals surface area contributed by atoms with E-state index in [0.717, 1.165) is 26.4 Å². The number of halogens is 2. The highest BCUT2D eigenvalue weighted by Gasteiger charge is 2.13. The van der Waals surface area contributed by atoms with Crippen LogP contribution in [0.1, 0.15) is 10.4 Å². The van der Waals surface area contributed by atoms with E-state index in [4.69, 9.17) is 11.6 Å². The molecular weight excluding hydrogens is 409 g/mol. The molecule has 1 N–H and O–H groups in total. The van der Waals surface area contributed by atoms with Crippen LogP contribution >= 0.6 is 22.9 Å². The van der Waals surface area contributed by atoms with Crippen LogP contribution < -0.4 is 5.32 Å². The third-order valence-corrected chi connectivity index (χ3v) is 5.87. The van der Waals surface area contributed by atoms with Gasteiger partial charge in [-0.1, -0.05) is 22.9 Å². The molecule has 3 aromatic carbocycles. The number of nitrogens with one attached hydrogen (secondary N) is 1. The molecule has 0 unspecified atom stereocenters. The van der Waals surface area contributed by atoms with Crippen molar-refractivity contribution in [2.45, 2.75) is 0 Å². The first kappa shape index (κ1) is 17.8. The van der Waals surface area contributed by atoms with Crippen LogP contribution in [0.4, 0.5) is 10.1 Å². The van der Waals surface area contributed by atoms with Crippen molar-refractivity contribution in [3.05, 3.63) is 89.3 Å². The summed E-state index contributed by atoms with van der Waals surface area (Å²) >= 11 is 7.38. The molecule has 0 spiro atoms. The Kier molecular flexibility index (Phi) is 4.30. The second-order valence-electron chi connectivity index (χ2n) is 6.53. The SMILES string of the molecule is O=C(Nc1ccc(Cl)cc1)c1ccc2c(c1)sc1nc(-c3ccc(F)cc3)cn12. The molecule has 5 aromatic rings. The van der Waals surface area contributed by atoms with E-state index >= 15 is 0 Å². The molecule has 0 fully saturated rings. The summed E-state index contributed by atoms with van der Waals surface area (Å²) < 4.78 is 16.1. The molecule has 0 aliphatic rings. The molecule has 0 aliphatic heterocycles. The lowest BCUT2D eigenvalue weighted by Crippen LogP contribution is -2.11. The van der Waals surface area contributed by atoms with Gasteiger partial charge >= 0.3 is 0 Å². The number of imidazole rings is 1. The van der Waals surface area contributed by atoms with Gasteiger partial charge in [0.25, 0.3) is 5.91 Å². The molecular formula is C22H13ClFN3OS. The van der Waals surface area contributed by atoms with Gasteiger partial charge in [0.1, 0.15) is 5.82 Å². The maximum atomic E-state index is 13.2. The molecule has 1 amide bonds. The number of hydrogen-bond acceptors (Lipinski definition) is 3. The zero-order chi connectivity index (χ0) is 20.0. The fourth-order valence-corrected chi connectivity index (χ4v) is 4.31. The number of rotatable bonds is 3. The van der Waals surface area contributed by atoms with Gasteiger partial charge in [-0.15, -0.1) is 0 Å². The van der Waals surface area contributed by atoms with Crippen molar-refractivity contribution in [3.8, 4) is 11.3 Å². The summed E-state index contributed by atoms with van der Waals surface area (Å²) in [4.78, 5) is 18.0. The van der Waals surface area contributed by atoms with Crippen LogP contribution in [-0.4, -0.2) is 15.3 Å². The molecule has 29 heavy (non-hydrogen) atoms. The fourth-order valence-electron chi connectivity index (χ4n) is 3.14. The first-order valence-electron chi connectivity index (χ1n) is 8.81. The molecule has 0 bridgehead atoms. The monoisotopic (exact) mass is 421 g/mol. The Morgan fingerprint density at radius 2 is 1.79 bits per heavy atom. The highest BCUT2D eigenvalue weighted by atomic mass is 35.5. The number of nitrogens with zero attached hydrogens (tertiary/aromatic N) is 2. The van der Waals surface area contributed by atoms with Gasteiger partial charge in [0.2, 0.25) is 0 Å². The summed E-state index contributed by atoms with van der Waals surface area (Å²) in [6.07, 6.45) is 1.93. The van der Waals surface area contributed by atoms with Crippen molar-refractivity contribution in [1.29, 1.82) is 0 Å². The summed E-state index contributed by atoms with van der Waals surface area (Å²) in [6, 6.07) is 18.8. The lowest BCUT2D eigenvalue weighted by molar-refractivity contribution is 0.102. The molecule has 4 nitrogen and oxygen atoms in total. The minimum Gasteiger partial charge on any atom is -0.322 e. The molecule has 5 rings (SSSR count). The predicted octanol–water partition coefficient (Wildman–Crippen LogP) is 6.26. The van der Waals surface area contributed by atoms with Crippen LogP contribution in [0.25, 0.3) is 26.4 Å². The number of thiazole rings is 1. The standard InChI is InChI=1S/C22H13ClFN3OS/c23-15-4-8-17(9-5-15)25-21(28)14-3-10-19-20(11-14)29-22-26-18(12-27(19)22)13-1-6-16(24)7-2-13/h1-12H,(H,25,28). The highest BCUT2D eigenvalue weighted by Crippen LogP contribution is 2.30. The van der Waals surface area contributed by atoms with Gasteiger partial charge in [0.05, 0.1) is 15.9 Å². The van der Waals surface area contributed by atoms with E-state index in [1.165, 1.54) is 23.5 Å². The summed E-state index contributed by atoms with van der Waals surface area (Å²) in [6.45, 7) is 0. The fraction of sp³-hybridized carbons (Fsp3) is 0. The quantitative estimate of drug-likeness (QED) is 0.373. The summed E-state index contributed by atoms with van der Waals surface area (Å²) in [5, 5.41) is 3.48. The smallest absolute Gasteiger partial charge is 0.255 e. The van der Waals surface area contributed by atoms with Gasteiger partial charge in [-0.3, -0.25) is 9.20 Å². The van der Waals surface area contributed by atoms with Crippen molar-refractivity contribution >= 4 is 49.7 Å². The molecule has 0 atom stereocenters. The number of benzene rings is 3. The van der Waals surface area contributed by atoms with E-state index in [9.17, 15) is 9.18 Å². The average Bonchev–Trinajstić information content (AvgIpc) is 3.27. The average molecular weight is 422 g/mol. The maximum absolute atomic E-state index is 13.2. The third-order valence-electron chi connectivity index (χ3n) is 4.60. The zero-order valence-corrected chi connectivity index (χ0v) is 16.5. The van der Waals surface area contributed by atoms with Crippen molar-refractivity contribution in [2.24, 2.45) is 0 Å². The Morgan fingerprint density at radius 1 is 1.03 bits per heavy atom. The molecule has 142 valence electrons. The number of amides is 1. The van der Waals surface area contributed by atoms with E-state index in [-0.39, 0.29) is 11.7 Å². The van der Waals surface area contributed by atoms with E-state index in [1.54, 1.807) is 42.5 Å². The molecule has 2 aromatic heterocycles. The van der Waals surface area contributed by atoms with Crippen LogP contribution in [0, 0.1) is 5.82 Å². The Balaban J connectivity index is 1.46. The third kappa shape index (κ3) is 3.37. The molecule has 0 radical (unpaired) electrons.